The zero-order valence-corrected chi connectivity index (χ0v) is 13.3. The predicted molar refractivity (Wildman–Crippen MR) is 85.2 cm³/mol. The summed E-state index contributed by atoms with van der Waals surface area (Å²) in [6.07, 6.45) is 8.72. The third-order valence-electron chi connectivity index (χ3n) is 4.52. The second-order valence-electron chi connectivity index (χ2n) is 6.13. The van der Waals surface area contributed by atoms with Gasteiger partial charge >= 0.3 is 0 Å². The summed E-state index contributed by atoms with van der Waals surface area (Å²) in [6, 6.07) is 5.36. The molecule has 1 N–H and O–H groups in total. The number of hydrogen-bond acceptors (Lipinski definition) is 2. The highest BCUT2D eigenvalue weighted by Crippen LogP contribution is 2.33. The topological polar surface area (TPSA) is 21.3 Å². The lowest BCUT2D eigenvalue weighted by atomic mass is 9.83. The molecule has 21 heavy (non-hydrogen) atoms. The quantitative estimate of drug-likeness (QED) is 0.776. The van der Waals surface area contributed by atoms with Crippen molar-refractivity contribution in [2.75, 3.05) is 13.7 Å². The first-order valence-electron chi connectivity index (χ1n) is 8.31. The third kappa shape index (κ3) is 4.70. The van der Waals surface area contributed by atoms with Crippen molar-refractivity contribution in [1.29, 1.82) is 0 Å². The summed E-state index contributed by atoms with van der Waals surface area (Å²) in [5, 5.41) is 3.53. The molecule has 3 heteroatoms. The van der Waals surface area contributed by atoms with Crippen LogP contribution >= 0.6 is 0 Å². The molecule has 1 saturated carbocycles. The Balaban J connectivity index is 2.10. The minimum Gasteiger partial charge on any atom is -0.497 e. The lowest BCUT2D eigenvalue weighted by Gasteiger charge is -2.28. The molecule has 1 aromatic rings. The Morgan fingerprint density at radius 1 is 1.29 bits per heavy atom. The molecule has 1 aliphatic rings. The molecule has 1 atom stereocenters. The summed E-state index contributed by atoms with van der Waals surface area (Å²) >= 11 is 0. The van der Waals surface area contributed by atoms with Gasteiger partial charge in [-0.2, -0.15) is 0 Å². The van der Waals surface area contributed by atoms with Gasteiger partial charge in [-0.25, -0.2) is 4.39 Å². The molecule has 2 rings (SSSR count). The maximum absolute atomic E-state index is 14.3. The summed E-state index contributed by atoms with van der Waals surface area (Å²) in [5.74, 6) is 1.16. The second kappa shape index (κ2) is 8.38. The minimum absolute atomic E-state index is 0.124. The number of rotatable bonds is 7. The van der Waals surface area contributed by atoms with Crippen molar-refractivity contribution in [3.8, 4) is 5.75 Å². The molecule has 0 spiro atoms. The molecule has 1 aromatic carbocycles. The first kappa shape index (κ1) is 16.3. The monoisotopic (exact) mass is 293 g/mol. The Hall–Kier alpha value is -1.09. The van der Waals surface area contributed by atoms with Crippen LogP contribution in [0.2, 0.25) is 0 Å². The smallest absolute Gasteiger partial charge is 0.131 e. The molecule has 0 saturated heterocycles. The second-order valence-corrected chi connectivity index (χ2v) is 6.13. The van der Waals surface area contributed by atoms with E-state index in [1.54, 1.807) is 7.11 Å². The average molecular weight is 293 g/mol. The molecule has 0 aliphatic heterocycles. The van der Waals surface area contributed by atoms with Gasteiger partial charge in [0.15, 0.2) is 0 Å². The Bertz CT molecular complexity index is 429. The van der Waals surface area contributed by atoms with Crippen LogP contribution in [0.25, 0.3) is 0 Å². The highest BCUT2D eigenvalue weighted by molar-refractivity contribution is 5.31. The van der Waals surface area contributed by atoms with E-state index in [1.165, 1.54) is 38.2 Å². The van der Waals surface area contributed by atoms with Gasteiger partial charge in [0.1, 0.15) is 11.6 Å². The van der Waals surface area contributed by atoms with Crippen LogP contribution in [0.4, 0.5) is 4.39 Å². The van der Waals surface area contributed by atoms with Crippen LogP contribution in [0.1, 0.15) is 63.5 Å². The summed E-state index contributed by atoms with van der Waals surface area (Å²) in [6.45, 7) is 3.08. The molecular weight excluding hydrogens is 265 g/mol. The molecule has 0 radical (unpaired) electrons. The van der Waals surface area contributed by atoms with Crippen molar-refractivity contribution in [3.05, 3.63) is 29.6 Å². The van der Waals surface area contributed by atoms with E-state index in [1.807, 2.05) is 12.1 Å². The largest absolute Gasteiger partial charge is 0.497 e. The lowest BCUT2D eigenvalue weighted by molar-refractivity contribution is 0.296. The van der Waals surface area contributed by atoms with E-state index in [-0.39, 0.29) is 11.9 Å². The predicted octanol–water partition coefficient (Wildman–Crippen LogP) is 4.85. The number of hydrogen-bond donors (Lipinski definition) is 1. The van der Waals surface area contributed by atoms with Crippen LogP contribution in [0.15, 0.2) is 18.2 Å². The molecule has 0 aromatic heterocycles. The Kier molecular flexibility index (Phi) is 6.50. The lowest BCUT2D eigenvalue weighted by Crippen LogP contribution is -2.26. The maximum Gasteiger partial charge on any atom is 0.131 e. The first-order valence-corrected chi connectivity index (χ1v) is 8.31. The highest BCUT2D eigenvalue weighted by atomic mass is 19.1. The van der Waals surface area contributed by atoms with Crippen LogP contribution in [-0.4, -0.2) is 13.7 Å². The number of benzene rings is 1. The molecule has 0 amide bonds. The molecule has 0 bridgehead atoms. The van der Waals surface area contributed by atoms with Crippen LogP contribution in [0.3, 0.4) is 0 Å². The molecule has 118 valence electrons. The summed E-state index contributed by atoms with van der Waals surface area (Å²) < 4.78 is 19.4. The fraction of sp³-hybridized carbons (Fsp3) is 0.667. The van der Waals surface area contributed by atoms with E-state index in [2.05, 4.69) is 12.2 Å². The standard InChI is InChI=1S/C18H28FNO/c1-3-11-20-18(12-14-7-5-4-6-8-14)16-10-9-15(21-2)13-17(16)19/h9-10,13-14,18,20H,3-8,11-12H2,1-2H3. The Morgan fingerprint density at radius 2 is 2.05 bits per heavy atom. The van der Waals surface area contributed by atoms with Gasteiger partial charge in [0.25, 0.3) is 0 Å². The third-order valence-corrected chi connectivity index (χ3v) is 4.52. The molecular formula is C18H28FNO. The van der Waals surface area contributed by atoms with Crippen LogP contribution < -0.4 is 10.1 Å². The fourth-order valence-electron chi connectivity index (χ4n) is 3.31. The van der Waals surface area contributed by atoms with Crippen molar-refractivity contribution in [3.63, 3.8) is 0 Å². The van der Waals surface area contributed by atoms with Gasteiger partial charge < -0.3 is 10.1 Å². The fourth-order valence-corrected chi connectivity index (χ4v) is 3.31. The van der Waals surface area contributed by atoms with Gasteiger partial charge in [-0.15, -0.1) is 0 Å². The Morgan fingerprint density at radius 3 is 2.67 bits per heavy atom. The SMILES string of the molecule is CCCNC(CC1CCCCC1)c1ccc(OC)cc1F. The van der Waals surface area contributed by atoms with E-state index in [4.69, 9.17) is 4.74 Å². The van der Waals surface area contributed by atoms with Crippen molar-refractivity contribution in [2.24, 2.45) is 5.92 Å². The zero-order chi connectivity index (χ0) is 15.1. The highest BCUT2D eigenvalue weighted by Gasteiger charge is 2.22. The van der Waals surface area contributed by atoms with Crippen molar-refractivity contribution in [2.45, 2.75) is 57.9 Å². The van der Waals surface area contributed by atoms with Gasteiger partial charge in [-0.1, -0.05) is 45.1 Å². The van der Waals surface area contributed by atoms with Crippen LogP contribution in [0.5, 0.6) is 5.75 Å². The van der Waals surface area contributed by atoms with Gasteiger partial charge in [0.2, 0.25) is 0 Å². The summed E-state index contributed by atoms with van der Waals surface area (Å²) in [7, 11) is 1.57. The Labute approximate surface area is 128 Å². The van der Waals surface area contributed by atoms with Crippen molar-refractivity contribution in [1.82, 2.24) is 5.32 Å². The van der Waals surface area contributed by atoms with E-state index in [9.17, 15) is 4.39 Å². The van der Waals surface area contributed by atoms with Crippen molar-refractivity contribution < 1.29 is 9.13 Å². The minimum atomic E-state index is -0.154. The summed E-state index contributed by atoms with van der Waals surface area (Å²) in [4.78, 5) is 0. The van der Waals surface area contributed by atoms with Gasteiger partial charge in [-0.05, 0) is 31.4 Å². The van der Waals surface area contributed by atoms with E-state index in [0.717, 1.165) is 30.9 Å². The number of halogens is 1. The van der Waals surface area contributed by atoms with E-state index >= 15 is 0 Å². The number of nitrogens with one attached hydrogen (secondary N) is 1. The first-order chi connectivity index (χ1) is 10.2. The van der Waals surface area contributed by atoms with E-state index in [0.29, 0.717) is 5.75 Å². The maximum atomic E-state index is 14.3. The molecule has 1 aliphatic carbocycles. The zero-order valence-electron chi connectivity index (χ0n) is 13.3. The average Bonchev–Trinajstić information content (AvgIpc) is 2.52. The summed E-state index contributed by atoms with van der Waals surface area (Å²) in [5.41, 5.74) is 0.787. The number of methoxy groups -OCH3 is 1. The van der Waals surface area contributed by atoms with Gasteiger partial charge in [0.05, 0.1) is 7.11 Å². The van der Waals surface area contributed by atoms with E-state index < -0.39 is 0 Å². The van der Waals surface area contributed by atoms with Gasteiger partial charge in [0, 0.05) is 17.7 Å². The molecule has 2 nitrogen and oxygen atoms in total. The number of ether oxygens (including phenoxy) is 1. The molecule has 1 fully saturated rings. The van der Waals surface area contributed by atoms with Crippen LogP contribution in [0, 0.1) is 11.7 Å². The normalized spacial score (nSPS) is 17.7. The van der Waals surface area contributed by atoms with Crippen LogP contribution in [-0.2, 0) is 0 Å². The van der Waals surface area contributed by atoms with Crippen molar-refractivity contribution >= 4 is 0 Å². The van der Waals surface area contributed by atoms with Gasteiger partial charge in [-0.3, -0.25) is 0 Å². The molecule has 1 unspecified atom stereocenters. The molecule has 0 heterocycles.